The van der Waals surface area contributed by atoms with E-state index < -0.39 is 6.10 Å². The van der Waals surface area contributed by atoms with E-state index >= 15 is 0 Å². The minimum atomic E-state index is -0.517. The lowest BCUT2D eigenvalue weighted by atomic mass is 9.98. The molecule has 2 aromatic heterocycles. The highest BCUT2D eigenvalue weighted by molar-refractivity contribution is 5.87. The van der Waals surface area contributed by atoms with Crippen LogP contribution >= 0.6 is 0 Å². The van der Waals surface area contributed by atoms with Crippen molar-refractivity contribution >= 4 is 10.9 Å². The van der Waals surface area contributed by atoms with Crippen molar-refractivity contribution in [2.45, 2.75) is 58.3 Å². The van der Waals surface area contributed by atoms with E-state index in [1.165, 1.54) is 40.6 Å². The van der Waals surface area contributed by atoms with Crippen molar-refractivity contribution in [2.24, 2.45) is 0 Å². The lowest BCUT2D eigenvalue weighted by Crippen LogP contribution is -2.32. The number of benzene rings is 1. The molecule has 4 heteroatoms. The summed E-state index contributed by atoms with van der Waals surface area (Å²) in [5.41, 5.74) is 6.35. The number of pyridine rings is 1. The van der Waals surface area contributed by atoms with Gasteiger partial charge in [-0.1, -0.05) is 19.1 Å². The van der Waals surface area contributed by atoms with Crippen molar-refractivity contribution in [3.63, 3.8) is 0 Å². The minimum absolute atomic E-state index is 0. The zero-order valence-electron chi connectivity index (χ0n) is 14.4. The Labute approximate surface area is 154 Å². The molecule has 0 radical (unpaired) electrons. The number of aromatic nitrogens is 2. The molecule has 2 N–H and O–H groups in total. The molecule has 0 aliphatic carbocycles. The van der Waals surface area contributed by atoms with Crippen LogP contribution < -0.4 is 5.32 Å². The van der Waals surface area contributed by atoms with Crippen molar-refractivity contribution in [1.29, 1.82) is 0 Å². The van der Waals surface area contributed by atoms with Crippen molar-refractivity contribution < 1.29 is 5.11 Å². The molecule has 3 aromatic rings. The van der Waals surface area contributed by atoms with Crippen LogP contribution in [0.5, 0.6) is 0 Å². The molecule has 1 aromatic carbocycles. The van der Waals surface area contributed by atoms with E-state index in [2.05, 4.69) is 40.0 Å². The van der Waals surface area contributed by atoms with Gasteiger partial charge < -0.3 is 15.0 Å². The number of rotatable bonds is 3. The summed E-state index contributed by atoms with van der Waals surface area (Å²) in [4.78, 5) is 4.06. The Bertz CT molecular complexity index is 931. The Morgan fingerprint density at radius 3 is 2.85 bits per heavy atom. The van der Waals surface area contributed by atoms with Crippen molar-refractivity contribution in [3.8, 4) is 0 Å². The third-order valence-electron chi connectivity index (χ3n) is 5.85. The monoisotopic (exact) mass is 349 g/mol. The van der Waals surface area contributed by atoms with E-state index in [1.807, 2.05) is 12.1 Å². The van der Waals surface area contributed by atoms with Crippen LogP contribution in [0.1, 0.15) is 54.8 Å². The Morgan fingerprint density at radius 2 is 2.04 bits per heavy atom. The molecule has 5 rings (SSSR count). The molecule has 1 fully saturated rings. The summed E-state index contributed by atoms with van der Waals surface area (Å²) >= 11 is 0. The number of aryl methyl sites for hydroxylation is 1. The van der Waals surface area contributed by atoms with Gasteiger partial charge in [-0.15, -0.1) is 0 Å². The van der Waals surface area contributed by atoms with Gasteiger partial charge in [0.05, 0.1) is 12.6 Å². The van der Waals surface area contributed by atoms with E-state index in [4.69, 9.17) is 0 Å². The highest BCUT2D eigenvalue weighted by Gasteiger charge is 2.36. The van der Waals surface area contributed by atoms with Gasteiger partial charge in [-0.05, 0) is 55.2 Å². The van der Waals surface area contributed by atoms with Gasteiger partial charge in [0.25, 0.3) is 0 Å². The second-order valence-electron chi connectivity index (χ2n) is 7.49. The lowest BCUT2D eigenvalue weighted by molar-refractivity contribution is 0.156. The molecule has 0 saturated carbocycles. The third-order valence-corrected chi connectivity index (χ3v) is 5.85. The first-order chi connectivity index (χ1) is 12.2. The molecule has 26 heavy (non-hydrogen) atoms. The maximum Gasteiger partial charge on any atom is 0.0970 e. The molecule has 0 spiro atoms. The molecule has 1 saturated heterocycles. The van der Waals surface area contributed by atoms with E-state index in [0.717, 1.165) is 12.0 Å². The number of hydrogen-bond acceptors (Lipinski definition) is 3. The van der Waals surface area contributed by atoms with Gasteiger partial charge >= 0.3 is 0 Å². The highest BCUT2D eigenvalue weighted by Crippen LogP contribution is 2.42. The summed E-state index contributed by atoms with van der Waals surface area (Å²) in [7, 11) is 0. The number of fused-ring (bicyclic) bond motifs is 6. The van der Waals surface area contributed by atoms with Gasteiger partial charge in [-0.2, -0.15) is 0 Å². The molecule has 136 valence electrons. The number of hydrogen-bond donors (Lipinski definition) is 2. The van der Waals surface area contributed by atoms with Gasteiger partial charge in [-0.25, -0.2) is 0 Å². The van der Waals surface area contributed by atoms with Crippen LogP contribution in [-0.4, -0.2) is 20.7 Å². The number of nitrogens with zero attached hydrogens (tertiary/aromatic N) is 2. The van der Waals surface area contributed by atoms with E-state index in [1.54, 1.807) is 12.4 Å². The van der Waals surface area contributed by atoms with Crippen LogP contribution in [0.2, 0.25) is 0 Å². The van der Waals surface area contributed by atoms with Crippen molar-refractivity contribution in [2.75, 3.05) is 0 Å². The highest BCUT2D eigenvalue weighted by atomic mass is 16.3. The van der Waals surface area contributed by atoms with Gasteiger partial charge in [0.2, 0.25) is 0 Å². The Kier molecular flexibility index (Phi) is 4.33. The fourth-order valence-corrected chi connectivity index (χ4v) is 4.67. The van der Waals surface area contributed by atoms with Crippen LogP contribution in [0.4, 0.5) is 0 Å². The van der Waals surface area contributed by atoms with Gasteiger partial charge in [0, 0.05) is 47.5 Å². The molecule has 0 amide bonds. The second-order valence-corrected chi connectivity index (χ2v) is 7.49. The summed E-state index contributed by atoms with van der Waals surface area (Å²) in [6.45, 7) is 2.75. The van der Waals surface area contributed by atoms with Gasteiger partial charge in [0.1, 0.15) is 0 Å². The summed E-state index contributed by atoms with van der Waals surface area (Å²) in [5.74, 6) is 0. The molecular weight excluding hydrogens is 322 g/mol. The first-order valence-electron chi connectivity index (χ1n) is 9.16. The Hall–Kier alpha value is -2.17. The SMILES string of the molecule is C.Cc1ccc2c(c1)c1c(n2CC(O)c2ccncc2)CC2CCC1N2. The fraction of sp³-hybridized carbons (Fsp3) is 0.409. The topological polar surface area (TPSA) is 50.1 Å². The van der Waals surface area contributed by atoms with E-state index in [-0.39, 0.29) is 7.43 Å². The normalized spacial score (nSPS) is 22.1. The summed E-state index contributed by atoms with van der Waals surface area (Å²) in [5, 5.41) is 15.9. The van der Waals surface area contributed by atoms with Crippen LogP contribution in [-0.2, 0) is 13.0 Å². The fourth-order valence-electron chi connectivity index (χ4n) is 4.67. The van der Waals surface area contributed by atoms with Crippen molar-refractivity contribution in [3.05, 3.63) is 65.1 Å². The number of aliphatic hydroxyl groups is 1. The maximum atomic E-state index is 10.8. The Balaban J connectivity index is 0.00000168. The largest absolute Gasteiger partial charge is 0.387 e. The third kappa shape index (κ3) is 2.65. The quantitative estimate of drug-likeness (QED) is 0.749. The minimum Gasteiger partial charge on any atom is -0.387 e. The zero-order chi connectivity index (χ0) is 17.0. The predicted molar refractivity (Wildman–Crippen MR) is 105 cm³/mol. The molecule has 3 unspecified atom stereocenters. The van der Waals surface area contributed by atoms with E-state index in [9.17, 15) is 5.11 Å². The number of aliphatic hydroxyl groups excluding tert-OH is 1. The molecular formula is C22H27N3O. The second kappa shape index (κ2) is 6.53. The first kappa shape index (κ1) is 17.3. The summed E-state index contributed by atoms with van der Waals surface area (Å²) < 4.78 is 2.36. The molecule has 2 aliphatic heterocycles. The van der Waals surface area contributed by atoms with E-state index in [0.29, 0.717) is 18.6 Å². The predicted octanol–water partition coefficient (Wildman–Crippen LogP) is 4.06. The van der Waals surface area contributed by atoms with Gasteiger partial charge in [0.15, 0.2) is 0 Å². The molecule has 4 heterocycles. The standard InChI is InChI=1S/C21H23N3O.CH4/c1-13-2-5-18-16(10-13)21-17-4-3-15(23-17)11-19(21)24(18)12-20(25)14-6-8-22-9-7-14;/h2,5-10,15,17,20,23,25H,3-4,11-12H2,1H3;1H4. The molecule has 2 aliphatic rings. The van der Waals surface area contributed by atoms with Crippen LogP contribution in [0, 0.1) is 6.92 Å². The van der Waals surface area contributed by atoms with Crippen LogP contribution in [0.25, 0.3) is 10.9 Å². The molecule has 2 bridgehead atoms. The lowest BCUT2D eigenvalue weighted by Gasteiger charge is -2.25. The average Bonchev–Trinajstić information content (AvgIpc) is 3.15. The van der Waals surface area contributed by atoms with Gasteiger partial charge in [-0.3, -0.25) is 4.98 Å². The number of nitrogens with one attached hydrogen (secondary N) is 1. The maximum absolute atomic E-state index is 10.8. The summed E-state index contributed by atoms with van der Waals surface area (Å²) in [6, 6.07) is 11.6. The summed E-state index contributed by atoms with van der Waals surface area (Å²) in [6.07, 6.45) is 6.50. The van der Waals surface area contributed by atoms with Crippen LogP contribution in [0.15, 0.2) is 42.7 Å². The zero-order valence-corrected chi connectivity index (χ0v) is 14.4. The molecule has 4 nitrogen and oxygen atoms in total. The molecule has 3 atom stereocenters. The smallest absolute Gasteiger partial charge is 0.0970 e. The first-order valence-corrected chi connectivity index (χ1v) is 9.16. The van der Waals surface area contributed by atoms with Crippen LogP contribution in [0.3, 0.4) is 0 Å². The average molecular weight is 349 g/mol. The Morgan fingerprint density at radius 1 is 1.23 bits per heavy atom. The van der Waals surface area contributed by atoms with Crippen molar-refractivity contribution in [1.82, 2.24) is 14.9 Å².